The molecule has 2 aliphatic heterocycles. The number of aromatic nitrogens is 1. The van der Waals surface area contributed by atoms with Crippen molar-refractivity contribution in [1.29, 1.82) is 0 Å². The Balaban J connectivity index is 1.57. The molecule has 0 saturated carbocycles. The molecular weight excluding hydrogens is 286 g/mol. The number of ether oxygens (including phenoxy) is 1. The van der Waals surface area contributed by atoms with Crippen molar-refractivity contribution in [1.82, 2.24) is 14.8 Å². The normalized spacial score (nSPS) is 25.7. The summed E-state index contributed by atoms with van der Waals surface area (Å²) in [6.07, 6.45) is 2.71. The molecule has 2 fully saturated rings. The molecule has 2 saturated heterocycles. The molecule has 1 aromatic carbocycles. The first-order chi connectivity index (χ1) is 11.2. The Morgan fingerprint density at radius 1 is 1.22 bits per heavy atom. The van der Waals surface area contributed by atoms with Crippen LogP contribution in [0.5, 0.6) is 5.75 Å². The summed E-state index contributed by atoms with van der Waals surface area (Å²) in [4.78, 5) is 10.1. The number of nitrogens with zero attached hydrogens (tertiary/aromatic N) is 3. The van der Waals surface area contributed by atoms with E-state index in [4.69, 9.17) is 9.72 Å². The summed E-state index contributed by atoms with van der Waals surface area (Å²) in [5.41, 5.74) is 2.11. The summed E-state index contributed by atoms with van der Waals surface area (Å²) in [6, 6.07) is 11.8. The van der Waals surface area contributed by atoms with Crippen LogP contribution >= 0.6 is 0 Å². The minimum Gasteiger partial charge on any atom is -0.494 e. The smallest absolute Gasteiger partial charge is 0.145 e. The van der Waals surface area contributed by atoms with Crippen LogP contribution in [0, 0.1) is 0 Å². The third-order valence-electron chi connectivity index (χ3n) is 5.39. The third kappa shape index (κ3) is 2.81. The maximum absolute atomic E-state index is 5.47. The predicted octanol–water partition coefficient (Wildman–Crippen LogP) is 2.91. The minimum atomic E-state index is 0.597. The van der Waals surface area contributed by atoms with Gasteiger partial charge in [-0.05, 0) is 38.4 Å². The molecule has 2 atom stereocenters. The van der Waals surface area contributed by atoms with Gasteiger partial charge in [-0.25, -0.2) is 4.98 Å². The van der Waals surface area contributed by atoms with Crippen LogP contribution in [0.3, 0.4) is 0 Å². The average Bonchev–Trinajstić information content (AvgIpc) is 3.01. The Bertz CT molecular complexity index is 702. The quantitative estimate of drug-likeness (QED) is 0.871. The molecule has 4 rings (SSSR count). The second-order valence-corrected chi connectivity index (χ2v) is 6.90. The van der Waals surface area contributed by atoms with Crippen LogP contribution in [0.1, 0.15) is 25.5 Å². The Morgan fingerprint density at radius 3 is 3.00 bits per heavy atom. The molecule has 3 heterocycles. The van der Waals surface area contributed by atoms with E-state index >= 15 is 0 Å². The molecular formula is C19H25N3O. The molecule has 0 bridgehead atoms. The van der Waals surface area contributed by atoms with Crippen molar-refractivity contribution < 1.29 is 4.74 Å². The van der Waals surface area contributed by atoms with E-state index in [1.807, 2.05) is 12.1 Å². The number of fused-ring (bicyclic) bond motifs is 2. The number of benzene rings is 1. The van der Waals surface area contributed by atoms with Gasteiger partial charge in [-0.15, -0.1) is 0 Å². The zero-order valence-corrected chi connectivity index (χ0v) is 14.0. The van der Waals surface area contributed by atoms with Crippen molar-refractivity contribution in [3.63, 3.8) is 0 Å². The van der Waals surface area contributed by atoms with E-state index in [2.05, 4.69) is 34.9 Å². The maximum Gasteiger partial charge on any atom is 0.145 e. The highest BCUT2D eigenvalue weighted by Crippen LogP contribution is 2.27. The Hall–Kier alpha value is -1.65. The van der Waals surface area contributed by atoms with Crippen molar-refractivity contribution in [3.05, 3.63) is 36.0 Å². The van der Waals surface area contributed by atoms with Crippen LogP contribution in [0.15, 0.2) is 30.3 Å². The van der Waals surface area contributed by atoms with Crippen molar-refractivity contribution in [2.45, 2.75) is 38.4 Å². The molecule has 1 unspecified atom stereocenters. The van der Waals surface area contributed by atoms with Crippen LogP contribution in [0.25, 0.3) is 10.9 Å². The highest BCUT2D eigenvalue weighted by Gasteiger charge is 2.34. The van der Waals surface area contributed by atoms with Gasteiger partial charge in [0.25, 0.3) is 0 Å². The molecule has 2 aliphatic rings. The summed E-state index contributed by atoms with van der Waals surface area (Å²) < 4.78 is 5.47. The molecule has 0 N–H and O–H groups in total. The van der Waals surface area contributed by atoms with Crippen LogP contribution in [-0.2, 0) is 6.54 Å². The number of piperazine rings is 1. The zero-order valence-electron chi connectivity index (χ0n) is 14.0. The molecule has 2 aromatic rings. The molecule has 4 heteroatoms. The van der Waals surface area contributed by atoms with E-state index in [-0.39, 0.29) is 0 Å². The van der Waals surface area contributed by atoms with E-state index < -0.39 is 0 Å². The highest BCUT2D eigenvalue weighted by molar-refractivity contribution is 5.84. The number of pyridine rings is 1. The van der Waals surface area contributed by atoms with Gasteiger partial charge >= 0.3 is 0 Å². The fraction of sp³-hybridized carbons (Fsp3) is 0.526. The third-order valence-corrected chi connectivity index (χ3v) is 5.39. The average molecular weight is 311 g/mol. The largest absolute Gasteiger partial charge is 0.494 e. The molecule has 23 heavy (non-hydrogen) atoms. The van der Waals surface area contributed by atoms with Gasteiger partial charge in [-0.3, -0.25) is 9.80 Å². The predicted molar refractivity (Wildman–Crippen MR) is 92.8 cm³/mol. The molecule has 122 valence electrons. The van der Waals surface area contributed by atoms with Crippen molar-refractivity contribution >= 4 is 10.9 Å². The van der Waals surface area contributed by atoms with Crippen LogP contribution in [-0.4, -0.2) is 53.6 Å². The van der Waals surface area contributed by atoms with Gasteiger partial charge in [0.05, 0.1) is 12.8 Å². The summed E-state index contributed by atoms with van der Waals surface area (Å²) >= 11 is 0. The van der Waals surface area contributed by atoms with Crippen molar-refractivity contribution in [2.75, 3.05) is 26.7 Å². The first kappa shape index (κ1) is 14.9. The summed E-state index contributed by atoms with van der Waals surface area (Å²) in [5, 5.41) is 1.14. The van der Waals surface area contributed by atoms with E-state index in [0.29, 0.717) is 6.04 Å². The second-order valence-electron chi connectivity index (χ2n) is 6.90. The first-order valence-corrected chi connectivity index (χ1v) is 8.65. The Kier molecular flexibility index (Phi) is 3.95. The topological polar surface area (TPSA) is 28.6 Å². The van der Waals surface area contributed by atoms with Crippen molar-refractivity contribution in [3.8, 4) is 5.75 Å². The molecule has 0 amide bonds. The minimum absolute atomic E-state index is 0.597. The number of methoxy groups -OCH3 is 1. The summed E-state index contributed by atoms with van der Waals surface area (Å²) in [5.74, 6) is 0.859. The lowest BCUT2D eigenvalue weighted by Gasteiger charge is -2.42. The fourth-order valence-electron chi connectivity index (χ4n) is 4.09. The van der Waals surface area contributed by atoms with Crippen molar-refractivity contribution in [2.24, 2.45) is 0 Å². The van der Waals surface area contributed by atoms with Gasteiger partial charge in [0, 0.05) is 37.1 Å². The van der Waals surface area contributed by atoms with E-state index in [9.17, 15) is 0 Å². The van der Waals surface area contributed by atoms with Crippen LogP contribution in [0.2, 0.25) is 0 Å². The monoisotopic (exact) mass is 311 g/mol. The van der Waals surface area contributed by atoms with Gasteiger partial charge in [0.15, 0.2) is 0 Å². The Labute approximate surface area is 138 Å². The zero-order chi connectivity index (χ0) is 15.8. The molecule has 4 nitrogen and oxygen atoms in total. The van der Waals surface area contributed by atoms with E-state index in [1.165, 1.54) is 32.5 Å². The number of hydrogen-bond acceptors (Lipinski definition) is 4. The second kappa shape index (κ2) is 6.10. The number of para-hydroxylation sites is 1. The molecule has 0 aliphatic carbocycles. The summed E-state index contributed by atoms with van der Waals surface area (Å²) in [7, 11) is 1.71. The van der Waals surface area contributed by atoms with Gasteiger partial charge in [-0.1, -0.05) is 18.2 Å². The standard InChI is InChI=1S/C19H25N3O/c1-14-11-21-10-4-6-17(21)13-22(14)12-16-9-8-15-5-3-7-18(23-2)19(15)20-16/h3,5,7-9,14,17H,4,6,10-13H2,1-2H3/t14-,17?/m1/s1. The Morgan fingerprint density at radius 2 is 2.13 bits per heavy atom. The highest BCUT2D eigenvalue weighted by atomic mass is 16.5. The first-order valence-electron chi connectivity index (χ1n) is 8.65. The number of rotatable bonds is 3. The lowest BCUT2D eigenvalue weighted by Crippen LogP contribution is -2.54. The fourth-order valence-corrected chi connectivity index (χ4v) is 4.09. The van der Waals surface area contributed by atoms with Gasteiger partial charge < -0.3 is 4.74 Å². The lowest BCUT2D eigenvalue weighted by atomic mass is 10.1. The SMILES string of the molecule is COc1cccc2ccc(CN3CC4CCCN4C[C@H]3C)nc12. The molecule has 1 aromatic heterocycles. The maximum atomic E-state index is 5.47. The number of hydrogen-bond donors (Lipinski definition) is 0. The van der Waals surface area contributed by atoms with E-state index in [1.54, 1.807) is 7.11 Å². The van der Waals surface area contributed by atoms with Crippen LogP contribution in [0.4, 0.5) is 0 Å². The van der Waals surface area contributed by atoms with E-state index in [0.717, 1.165) is 34.9 Å². The van der Waals surface area contributed by atoms with Gasteiger partial charge in [0.2, 0.25) is 0 Å². The lowest BCUT2D eigenvalue weighted by molar-refractivity contribution is 0.0532. The summed E-state index contributed by atoms with van der Waals surface area (Å²) in [6.45, 7) is 6.93. The molecule has 0 radical (unpaired) electrons. The van der Waals surface area contributed by atoms with Gasteiger partial charge in [-0.2, -0.15) is 0 Å². The van der Waals surface area contributed by atoms with Gasteiger partial charge in [0.1, 0.15) is 11.3 Å². The molecule has 0 spiro atoms. The van der Waals surface area contributed by atoms with Crippen LogP contribution < -0.4 is 4.74 Å².